The number of carbonyl (C=O) groups excluding carboxylic acids is 1. The zero-order valence-electron chi connectivity index (χ0n) is 16.3. The second-order valence-corrected chi connectivity index (χ2v) is 9.03. The summed E-state index contributed by atoms with van der Waals surface area (Å²) in [4.78, 5) is 20.8. The highest BCUT2D eigenvalue weighted by atomic mass is 32.1. The Morgan fingerprint density at radius 1 is 1.29 bits per heavy atom. The lowest BCUT2D eigenvalue weighted by atomic mass is 9.88. The zero-order valence-corrected chi connectivity index (χ0v) is 17.1. The minimum atomic E-state index is -0.196. The van der Waals surface area contributed by atoms with Crippen LogP contribution in [0.25, 0.3) is 0 Å². The third-order valence-corrected chi connectivity index (χ3v) is 6.96. The molecule has 1 amide bonds. The van der Waals surface area contributed by atoms with Crippen LogP contribution < -0.4 is 10.2 Å². The van der Waals surface area contributed by atoms with E-state index in [0.29, 0.717) is 22.0 Å². The molecule has 0 saturated carbocycles. The van der Waals surface area contributed by atoms with Crippen LogP contribution in [0.1, 0.15) is 65.4 Å². The number of nitrogens with one attached hydrogen (secondary N) is 1. The fourth-order valence-corrected chi connectivity index (χ4v) is 5.50. The fraction of sp³-hybridized carbons (Fsp3) is 0.500. The minimum absolute atomic E-state index is 0.196. The predicted molar refractivity (Wildman–Crippen MR) is 113 cm³/mol. The normalized spacial score (nSPS) is 19.4. The molecule has 1 N–H and O–H groups in total. The number of fused-ring (bicyclic) bond motifs is 1. The molecule has 2 aromatic rings. The van der Waals surface area contributed by atoms with Gasteiger partial charge in [-0.2, -0.15) is 5.26 Å². The van der Waals surface area contributed by atoms with Crippen LogP contribution >= 0.6 is 11.3 Å². The molecule has 146 valence electrons. The van der Waals surface area contributed by atoms with Gasteiger partial charge in [0, 0.05) is 24.2 Å². The van der Waals surface area contributed by atoms with Gasteiger partial charge in [-0.3, -0.25) is 4.79 Å². The standard InChI is InChI=1S/C22H26N4OS/c1-15-6-8-17-18(13-23)22(28-19(17)12-15)25-21(27)16-7-9-20(24-14-16)26-10-4-2-3-5-11-26/h7,9,14-15H,2-6,8,10-12H2,1H3,(H,25,27)/t15-/m1/s1. The Kier molecular flexibility index (Phi) is 5.63. The molecule has 0 unspecified atom stereocenters. The number of nitriles is 1. The lowest BCUT2D eigenvalue weighted by molar-refractivity contribution is 0.102. The maximum atomic E-state index is 12.7. The third-order valence-electron chi connectivity index (χ3n) is 5.79. The molecular weight excluding hydrogens is 368 g/mol. The van der Waals surface area contributed by atoms with Gasteiger partial charge in [-0.05, 0) is 55.7 Å². The van der Waals surface area contributed by atoms with Crippen molar-refractivity contribution in [2.24, 2.45) is 5.92 Å². The maximum absolute atomic E-state index is 12.7. The molecule has 1 saturated heterocycles. The molecule has 6 heteroatoms. The Hall–Kier alpha value is -2.39. The Morgan fingerprint density at radius 3 is 2.75 bits per heavy atom. The highest BCUT2D eigenvalue weighted by molar-refractivity contribution is 7.16. The number of pyridine rings is 1. The highest BCUT2D eigenvalue weighted by Gasteiger charge is 2.25. The molecule has 0 spiro atoms. The molecule has 28 heavy (non-hydrogen) atoms. The van der Waals surface area contributed by atoms with Gasteiger partial charge >= 0.3 is 0 Å². The first-order chi connectivity index (χ1) is 13.7. The molecule has 0 bridgehead atoms. The largest absolute Gasteiger partial charge is 0.357 e. The molecule has 4 rings (SSSR count). The Labute approximate surface area is 170 Å². The molecule has 0 radical (unpaired) electrons. The van der Waals surface area contributed by atoms with Gasteiger partial charge in [0.05, 0.1) is 11.1 Å². The predicted octanol–water partition coefficient (Wildman–Crippen LogP) is 4.77. The first-order valence-corrected chi connectivity index (χ1v) is 11.0. The molecule has 1 aliphatic heterocycles. The van der Waals surface area contributed by atoms with E-state index in [1.54, 1.807) is 17.5 Å². The van der Waals surface area contributed by atoms with Crippen LogP contribution in [0.3, 0.4) is 0 Å². The van der Waals surface area contributed by atoms with Gasteiger partial charge < -0.3 is 10.2 Å². The summed E-state index contributed by atoms with van der Waals surface area (Å²) in [5.74, 6) is 1.38. The first-order valence-electron chi connectivity index (χ1n) is 10.2. The lowest BCUT2D eigenvalue weighted by Crippen LogP contribution is -2.25. The van der Waals surface area contributed by atoms with Crippen molar-refractivity contribution < 1.29 is 4.79 Å². The number of hydrogen-bond donors (Lipinski definition) is 1. The average Bonchev–Trinajstić information content (AvgIpc) is 2.86. The van der Waals surface area contributed by atoms with E-state index in [2.05, 4.69) is 28.2 Å². The zero-order chi connectivity index (χ0) is 19.5. The van der Waals surface area contributed by atoms with Crippen molar-refractivity contribution in [2.45, 2.75) is 51.9 Å². The summed E-state index contributed by atoms with van der Waals surface area (Å²) in [5.41, 5.74) is 2.31. The molecule has 2 aliphatic rings. The van der Waals surface area contributed by atoms with Gasteiger partial charge in [-0.15, -0.1) is 11.3 Å². The Morgan fingerprint density at radius 2 is 2.07 bits per heavy atom. The molecule has 3 heterocycles. The monoisotopic (exact) mass is 394 g/mol. The number of amides is 1. The Balaban J connectivity index is 1.49. The smallest absolute Gasteiger partial charge is 0.257 e. The summed E-state index contributed by atoms with van der Waals surface area (Å²) in [6.45, 7) is 4.30. The summed E-state index contributed by atoms with van der Waals surface area (Å²) in [5, 5.41) is 13.2. The van der Waals surface area contributed by atoms with Crippen molar-refractivity contribution in [2.75, 3.05) is 23.3 Å². The molecule has 1 atom stereocenters. The van der Waals surface area contributed by atoms with Crippen LogP contribution in [0.2, 0.25) is 0 Å². The number of hydrogen-bond acceptors (Lipinski definition) is 5. The van der Waals surface area contributed by atoms with Crippen molar-refractivity contribution in [3.05, 3.63) is 39.9 Å². The topological polar surface area (TPSA) is 69.0 Å². The number of carbonyl (C=O) groups is 1. The summed E-state index contributed by atoms with van der Waals surface area (Å²) in [7, 11) is 0. The molecule has 5 nitrogen and oxygen atoms in total. The van der Waals surface area contributed by atoms with Gasteiger partial charge in [-0.25, -0.2) is 4.98 Å². The maximum Gasteiger partial charge on any atom is 0.257 e. The minimum Gasteiger partial charge on any atom is -0.357 e. The van der Waals surface area contributed by atoms with E-state index >= 15 is 0 Å². The highest BCUT2D eigenvalue weighted by Crippen LogP contribution is 2.39. The van der Waals surface area contributed by atoms with Crippen LogP contribution in [0.15, 0.2) is 18.3 Å². The lowest BCUT2D eigenvalue weighted by Gasteiger charge is -2.21. The van der Waals surface area contributed by atoms with Crippen LogP contribution in [0.5, 0.6) is 0 Å². The van der Waals surface area contributed by atoms with E-state index < -0.39 is 0 Å². The molecular formula is C22H26N4OS. The summed E-state index contributed by atoms with van der Waals surface area (Å²) in [6, 6.07) is 6.08. The van der Waals surface area contributed by atoms with Crippen LogP contribution in [0, 0.1) is 17.2 Å². The summed E-state index contributed by atoms with van der Waals surface area (Å²) < 4.78 is 0. The van der Waals surface area contributed by atoms with Crippen molar-refractivity contribution in [3.8, 4) is 6.07 Å². The van der Waals surface area contributed by atoms with E-state index in [9.17, 15) is 10.1 Å². The number of thiophene rings is 1. The number of rotatable bonds is 3. The molecule has 2 aromatic heterocycles. The van der Waals surface area contributed by atoms with Gasteiger partial charge in [0.25, 0.3) is 5.91 Å². The fourth-order valence-electron chi connectivity index (χ4n) is 4.14. The first kappa shape index (κ1) is 18.9. The van der Waals surface area contributed by atoms with E-state index in [1.807, 2.05) is 12.1 Å². The summed E-state index contributed by atoms with van der Waals surface area (Å²) in [6.07, 6.45) is 9.63. The molecule has 1 aliphatic carbocycles. The molecule has 0 aromatic carbocycles. The number of nitrogens with zero attached hydrogens (tertiary/aromatic N) is 3. The second-order valence-electron chi connectivity index (χ2n) is 7.93. The van der Waals surface area contributed by atoms with Gasteiger partial charge in [0.1, 0.15) is 16.9 Å². The van der Waals surface area contributed by atoms with Gasteiger partial charge in [0.15, 0.2) is 0 Å². The van der Waals surface area contributed by atoms with Crippen LogP contribution in [-0.2, 0) is 12.8 Å². The third kappa shape index (κ3) is 3.90. The van der Waals surface area contributed by atoms with E-state index in [-0.39, 0.29) is 5.91 Å². The second kappa shape index (κ2) is 8.32. The van der Waals surface area contributed by atoms with Gasteiger partial charge in [0.2, 0.25) is 0 Å². The van der Waals surface area contributed by atoms with Crippen molar-refractivity contribution in [1.82, 2.24) is 4.98 Å². The number of aromatic nitrogens is 1. The van der Waals surface area contributed by atoms with E-state index in [0.717, 1.165) is 43.7 Å². The van der Waals surface area contributed by atoms with Crippen molar-refractivity contribution in [3.63, 3.8) is 0 Å². The van der Waals surface area contributed by atoms with Crippen molar-refractivity contribution in [1.29, 1.82) is 5.26 Å². The Bertz CT molecular complexity index is 888. The number of anilines is 2. The van der Waals surface area contributed by atoms with Crippen molar-refractivity contribution >= 4 is 28.1 Å². The van der Waals surface area contributed by atoms with Crippen LogP contribution in [-0.4, -0.2) is 24.0 Å². The van der Waals surface area contributed by atoms with Gasteiger partial charge in [-0.1, -0.05) is 19.8 Å². The van der Waals surface area contributed by atoms with E-state index in [1.165, 1.54) is 30.6 Å². The quantitative estimate of drug-likeness (QED) is 0.814. The molecule has 1 fully saturated rings. The van der Waals surface area contributed by atoms with E-state index in [4.69, 9.17) is 0 Å². The van der Waals surface area contributed by atoms with Crippen LogP contribution in [0.4, 0.5) is 10.8 Å². The average molecular weight is 395 g/mol. The SMILES string of the molecule is C[C@@H]1CCc2c(sc(NC(=O)c3ccc(N4CCCCCC4)nc3)c2C#N)C1. The summed E-state index contributed by atoms with van der Waals surface area (Å²) >= 11 is 1.56.